The summed E-state index contributed by atoms with van der Waals surface area (Å²) >= 11 is 6.10. The van der Waals surface area contributed by atoms with Crippen molar-refractivity contribution in [2.75, 3.05) is 51.7 Å². The van der Waals surface area contributed by atoms with Crippen molar-refractivity contribution in [1.29, 1.82) is 0 Å². The van der Waals surface area contributed by atoms with E-state index in [0.29, 0.717) is 50.5 Å². The molecule has 2 heterocycles. The third-order valence-electron chi connectivity index (χ3n) is 6.88. The first kappa shape index (κ1) is 27.3. The van der Waals surface area contributed by atoms with Gasteiger partial charge in [0.15, 0.2) is 0 Å². The lowest BCUT2D eigenvalue weighted by atomic mass is 10.0. The van der Waals surface area contributed by atoms with Crippen LogP contribution >= 0.6 is 11.6 Å². The van der Waals surface area contributed by atoms with Crippen molar-refractivity contribution < 1.29 is 16.8 Å². The van der Waals surface area contributed by atoms with E-state index in [4.69, 9.17) is 11.6 Å². The fourth-order valence-electron chi connectivity index (χ4n) is 4.86. The summed E-state index contributed by atoms with van der Waals surface area (Å²) in [4.78, 5) is 2.18. The van der Waals surface area contributed by atoms with Gasteiger partial charge >= 0.3 is 0 Å². The molecule has 0 aliphatic carbocycles. The summed E-state index contributed by atoms with van der Waals surface area (Å²) in [7, 11) is -3.55. The van der Waals surface area contributed by atoms with E-state index < -0.39 is 20.2 Å². The van der Waals surface area contributed by atoms with Crippen LogP contribution < -0.4 is 4.90 Å². The molecular weight excluding hydrogens is 520 g/mol. The minimum Gasteiger partial charge on any atom is -0.378 e. The molecule has 1 atom stereocenters. The van der Waals surface area contributed by atoms with Crippen LogP contribution in [0.3, 0.4) is 0 Å². The van der Waals surface area contributed by atoms with Gasteiger partial charge in [-0.1, -0.05) is 24.6 Å². The second-order valence-electron chi connectivity index (χ2n) is 9.93. The Balaban J connectivity index is 1.48. The van der Waals surface area contributed by atoms with Crippen molar-refractivity contribution >= 4 is 37.5 Å². The second kappa shape index (κ2) is 11.0. The van der Waals surface area contributed by atoms with Crippen LogP contribution in [0.25, 0.3) is 0 Å². The number of rotatable bonds is 5. The Bertz CT molecular complexity index is 1280. The van der Waals surface area contributed by atoms with Gasteiger partial charge in [0.05, 0.1) is 4.90 Å². The zero-order valence-corrected chi connectivity index (χ0v) is 23.5. The number of anilines is 1. The van der Waals surface area contributed by atoms with Crippen molar-refractivity contribution in [3.05, 3.63) is 58.6 Å². The Hall–Kier alpha value is -1.69. The minimum absolute atomic E-state index is 0.162. The Kier molecular flexibility index (Phi) is 8.33. The Morgan fingerprint density at radius 3 is 2.14 bits per heavy atom. The molecule has 36 heavy (non-hydrogen) atoms. The Labute approximate surface area is 220 Å². The normalized spacial score (nSPS) is 21.3. The summed E-state index contributed by atoms with van der Waals surface area (Å²) < 4.78 is 58.7. The van der Waals surface area contributed by atoms with E-state index in [2.05, 4.69) is 0 Å². The molecule has 2 aromatic rings. The van der Waals surface area contributed by atoms with E-state index in [1.54, 1.807) is 34.6 Å². The number of fused-ring (bicyclic) bond motifs is 1. The first-order valence-corrected chi connectivity index (χ1v) is 15.5. The summed E-state index contributed by atoms with van der Waals surface area (Å²) in [5.41, 5.74) is 2.99. The van der Waals surface area contributed by atoms with Gasteiger partial charge in [-0.25, -0.2) is 8.42 Å². The summed E-state index contributed by atoms with van der Waals surface area (Å²) in [5, 5.41) is 0.659. The summed E-state index contributed by atoms with van der Waals surface area (Å²) in [5.74, 6) is -0.162. The topological polar surface area (TPSA) is 81.2 Å². The molecular formula is C25H35ClN4O4S2. The van der Waals surface area contributed by atoms with Crippen LogP contribution in [0.15, 0.2) is 47.4 Å². The molecule has 0 aromatic heterocycles. The van der Waals surface area contributed by atoms with Gasteiger partial charge in [-0.3, -0.25) is 0 Å². The zero-order valence-electron chi connectivity index (χ0n) is 21.1. The third-order valence-corrected chi connectivity index (χ3v) is 10.9. The Morgan fingerprint density at radius 2 is 1.47 bits per heavy atom. The molecule has 198 valence electrons. The predicted molar refractivity (Wildman–Crippen MR) is 144 cm³/mol. The van der Waals surface area contributed by atoms with Crippen molar-refractivity contribution in [3.8, 4) is 0 Å². The largest absolute Gasteiger partial charge is 0.378 e. The average molecular weight is 555 g/mol. The number of hydrogen-bond donors (Lipinski definition) is 0. The van der Waals surface area contributed by atoms with E-state index in [1.807, 2.05) is 38.1 Å². The van der Waals surface area contributed by atoms with E-state index in [0.717, 1.165) is 16.8 Å². The monoisotopic (exact) mass is 554 g/mol. The van der Waals surface area contributed by atoms with Crippen molar-refractivity contribution in [1.82, 2.24) is 12.9 Å². The molecule has 0 amide bonds. The van der Waals surface area contributed by atoms with E-state index >= 15 is 0 Å². The van der Waals surface area contributed by atoms with Gasteiger partial charge in [-0.05, 0) is 72.7 Å². The third kappa shape index (κ3) is 5.89. The molecule has 8 nitrogen and oxygen atoms in total. The molecule has 2 aliphatic rings. The number of halogens is 1. The molecule has 0 radical (unpaired) electrons. The maximum atomic E-state index is 13.6. The van der Waals surface area contributed by atoms with Gasteiger partial charge in [0, 0.05) is 64.1 Å². The van der Waals surface area contributed by atoms with Crippen LogP contribution in [0.2, 0.25) is 5.02 Å². The van der Waals surface area contributed by atoms with Crippen LogP contribution in [-0.2, 0) is 33.2 Å². The van der Waals surface area contributed by atoms with Gasteiger partial charge in [-0.15, -0.1) is 0 Å². The first-order chi connectivity index (χ1) is 17.0. The van der Waals surface area contributed by atoms with Crippen molar-refractivity contribution in [2.45, 2.75) is 37.6 Å². The molecule has 2 aliphatic heterocycles. The second-order valence-corrected chi connectivity index (χ2v) is 14.2. The maximum absolute atomic E-state index is 13.6. The highest BCUT2D eigenvalue weighted by Gasteiger charge is 2.35. The minimum atomic E-state index is -3.68. The van der Waals surface area contributed by atoms with Gasteiger partial charge in [0.2, 0.25) is 10.0 Å². The number of sulfonamides is 1. The van der Waals surface area contributed by atoms with Gasteiger partial charge < -0.3 is 4.90 Å². The van der Waals surface area contributed by atoms with Crippen LogP contribution in [-0.4, -0.2) is 76.6 Å². The van der Waals surface area contributed by atoms with Gasteiger partial charge in [0.25, 0.3) is 10.2 Å². The summed E-state index contributed by atoms with van der Waals surface area (Å²) in [6.07, 6.45) is 1.81. The number of nitrogens with zero attached hydrogens (tertiary/aromatic N) is 4. The van der Waals surface area contributed by atoms with E-state index in [9.17, 15) is 16.8 Å². The smallest absolute Gasteiger partial charge is 0.282 e. The zero-order chi connectivity index (χ0) is 26.1. The van der Waals surface area contributed by atoms with E-state index in [-0.39, 0.29) is 23.9 Å². The molecule has 0 N–H and O–H groups in total. The molecule has 0 spiro atoms. The number of hydrogen-bond acceptors (Lipinski definition) is 5. The number of benzene rings is 2. The molecule has 4 rings (SSSR count). The standard InChI is InChI=1S/C25H35ClN4O4S2/c1-20-17-28(35(31,32)25-10-8-24(9-11-25)27(2)3)13-4-5-14-29(18-20)36(33,34)30-15-12-21-16-23(26)7-6-22(21)19-30/h6-11,16,20H,4-5,12-15,17-19H2,1-3H3/t20-/m0/s1. The molecule has 0 bridgehead atoms. The Morgan fingerprint density at radius 1 is 0.833 bits per heavy atom. The van der Waals surface area contributed by atoms with Crippen molar-refractivity contribution in [2.24, 2.45) is 5.92 Å². The molecule has 0 unspecified atom stereocenters. The highest BCUT2D eigenvalue weighted by atomic mass is 35.5. The fraction of sp³-hybridized carbons (Fsp3) is 0.520. The average Bonchev–Trinajstić information content (AvgIpc) is 2.94. The maximum Gasteiger partial charge on any atom is 0.282 e. The molecule has 0 saturated carbocycles. The van der Waals surface area contributed by atoms with Crippen LogP contribution in [0.4, 0.5) is 5.69 Å². The van der Waals surface area contributed by atoms with Crippen molar-refractivity contribution in [3.63, 3.8) is 0 Å². The van der Waals surface area contributed by atoms with Gasteiger partial charge in [-0.2, -0.15) is 21.3 Å². The molecule has 11 heteroatoms. The molecule has 1 fully saturated rings. The summed E-state index contributed by atoms with van der Waals surface area (Å²) in [6, 6.07) is 12.5. The highest BCUT2D eigenvalue weighted by Crippen LogP contribution is 2.27. The van der Waals surface area contributed by atoms with Crippen LogP contribution in [0.1, 0.15) is 30.9 Å². The van der Waals surface area contributed by atoms with Gasteiger partial charge in [0.1, 0.15) is 0 Å². The molecule has 2 aromatic carbocycles. The lowest BCUT2D eigenvalue weighted by molar-refractivity contribution is 0.290. The van der Waals surface area contributed by atoms with E-state index in [1.165, 1.54) is 8.61 Å². The lowest BCUT2D eigenvalue weighted by Crippen LogP contribution is -2.48. The fourth-order valence-corrected chi connectivity index (χ4v) is 8.41. The van der Waals surface area contributed by atoms with Crippen LogP contribution in [0, 0.1) is 5.92 Å². The first-order valence-electron chi connectivity index (χ1n) is 12.3. The van der Waals surface area contributed by atoms with Crippen LogP contribution in [0.5, 0.6) is 0 Å². The lowest BCUT2D eigenvalue weighted by Gasteiger charge is -2.34. The quantitative estimate of drug-likeness (QED) is 0.565. The summed E-state index contributed by atoms with van der Waals surface area (Å²) in [6.45, 7) is 3.94. The highest BCUT2D eigenvalue weighted by molar-refractivity contribution is 7.89. The SMILES string of the molecule is C[C@H]1CN(S(=O)(=O)c2ccc(N(C)C)cc2)CCCCN(S(=O)(=O)N2CCc3cc(Cl)ccc3C2)C1. The molecule has 1 saturated heterocycles. The predicted octanol–water partition coefficient (Wildman–Crippen LogP) is 3.43.